The van der Waals surface area contributed by atoms with Crippen LogP contribution in [0.1, 0.15) is 6.92 Å². The van der Waals surface area contributed by atoms with E-state index in [2.05, 4.69) is 0 Å². The molecule has 154 valence electrons. The second-order valence-electron chi connectivity index (χ2n) is 7.38. The van der Waals surface area contributed by atoms with E-state index >= 15 is 0 Å². The Labute approximate surface area is 184 Å². The first-order valence-corrected chi connectivity index (χ1v) is 13.7. The summed E-state index contributed by atoms with van der Waals surface area (Å²) >= 11 is 0. The van der Waals surface area contributed by atoms with Gasteiger partial charge in [0.05, 0.1) is 0 Å². The second kappa shape index (κ2) is 9.06. The molecule has 0 heterocycles. The summed E-state index contributed by atoms with van der Waals surface area (Å²) < 4.78 is 29.2. The lowest BCUT2D eigenvalue weighted by molar-refractivity contribution is 0.588. The minimum Gasteiger partial charge on any atom is -0.309 e. The molecule has 0 aliphatic heterocycles. The molecule has 0 saturated heterocycles. The van der Waals surface area contributed by atoms with Crippen molar-refractivity contribution in [3.8, 4) is 0 Å². The van der Waals surface area contributed by atoms with Crippen LogP contribution >= 0.6 is 14.3 Å². The van der Waals surface area contributed by atoms with Crippen LogP contribution in [0.3, 0.4) is 0 Å². The quantitative estimate of drug-likeness (QED) is 0.350. The van der Waals surface area contributed by atoms with E-state index < -0.39 is 14.3 Å². The zero-order valence-corrected chi connectivity index (χ0v) is 19.1. The summed E-state index contributed by atoms with van der Waals surface area (Å²) in [4.78, 5) is 0. The van der Waals surface area contributed by atoms with E-state index in [0.717, 1.165) is 21.2 Å². The highest BCUT2D eigenvalue weighted by Crippen LogP contribution is 2.57. The summed E-state index contributed by atoms with van der Waals surface area (Å²) in [5.41, 5.74) is 0. The van der Waals surface area contributed by atoms with Crippen molar-refractivity contribution in [3.63, 3.8) is 0 Å². The Hall–Kier alpha value is -2.92. The average Bonchev–Trinajstić information content (AvgIpc) is 2.85. The van der Waals surface area contributed by atoms with Gasteiger partial charge >= 0.3 is 0 Å². The molecule has 0 saturated carbocycles. The first-order chi connectivity index (χ1) is 15.0. The van der Waals surface area contributed by atoms with Gasteiger partial charge in [-0.3, -0.25) is 0 Å². The third-order valence-electron chi connectivity index (χ3n) is 5.38. The van der Waals surface area contributed by atoms with E-state index in [0.29, 0.717) is 5.31 Å². The Balaban J connectivity index is 1.97. The van der Waals surface area contributed by atoms with Gasteiger partial charge in [0.1, 0.15) is 0 Å². The summed E-state index contributed by atoms with van der Waals surface area (Å²) in [6, 6.07) is 37.9. The van der Waals surface area contributed by atoms with Gasteiger partial charge in [0.15, 0.2) is 14.3 Å². The van der Waals surface area contributed by atoms with E-state index in [1.807, 2.05) is 128 Å². The molecule has 4 aromatic carbocycles. The molecule has 0 radical (unpaired) electrons. The molecule has 4 rings (SSSR count). The van der Waals surface area contributed by atoms with Crippen LogP contribution in [0.15, 0.2) is 132 Å². The third-order valence-corrected chi connectivity index (χ3v) is 11.6. The first kappa shape index (κ1) is 21.3. The van der Waals surface area contributed by atoms with Gasteiger partial charge in [0.2, 0.25) is 0 Å². The maximum Gasteiger partial charge on any atom is 0.167 e. The maximum absolute atomic E-state index is 14.7. The molecule has 0 aromatic heterocycles. The van der Waals surface area contributed by atoms with Crippen molar-refractivity contribution < 1.29 is 9.13 Å². The molecule has 0 aliphatic carbocycles. The van der Waals surface area contributed by atoms with E-state index in [9.17, 15) is 9.13 Å². The van der Waals surface area contributed by atoms with Crippen LogP contribution in [-0.2, 0) is 9.13 Å². The average molecular weight is 442 g/mol. The van der Waals surface area contributed by atoms with Crippen molar-refractivity contribution in [1.29, 1.82) is 0 Å². The molecule has 0 spiro atoms. The molecule has 4 aromatic rings. The van der Waals surface area contributed by atoms with Gasteiger partial charge in [-0.2, -0.15) is 0 Å². The predicted molar refractivity (Wildman–Crippen MR) is 133 cm³/mol. The summed E-state index contributed by atoms with van der Waals surface area (Å²) in [5.74, 6) is 1.76. The summed E-state index contributed by atoms with van der Waals surface area (Å²) in [5, 5.41) is 3.56. The van der Waals surface area contributed by atoms with Crippen LogP contribution in [-0.4, -0.2) is 0 Å². The van der Waals surface area contributed by atoms with Crippen molar-refractivity contribution in [2.75, 3.05) is 0 Å². The van der Waals surface area contributed by atoms with Crippen LogP contribution in [0.4, 0.5) is 0 Å². The molecule has 0 atom stereocenters. The number of allylic oxidation sites excluding steroid dienone is 1. The van der Waals surface area contributed by atoms with Crippen LogP contribution < -0.4 is 21.2 Å². The minimum absolute atomic E-state index is 0.626. The number of rotatable bonds is 6. The Morgan fingerprint density at radius 2 is 0.806 bits per heavy atom. The number of hydrogen-bond donors (Lipinski definition) is 0. The first-order valence-electron chi connectivity index (χ1n) is 10.2. The van der Waals surface area contributed by atoms with Crippen molar-refractivity contribution in [3.05, 3.63) is 132 Å². The Bertz CT molecular complexity index is 1180. The molecule has 2 nitrogen and oxygen atoms in total. The van der Waals surface area contributed by atoms with Gasteiger partial charge in [0, 0.05) is 21.2 Å². The smallest absolute Gasteiger partial charge is 0.167 e. The fourth-order valence-corrected chi connectivity index (χ4v) is 9.56. The van der Waals surface area contributed by atoms with Gasteiger partial charge in [-0.05, 0) is 18.1 Å². The Morgan fingerprint density at radius 1 is 0.516 bits per heavy atom. The third kappa shape index (κ3) is 4.15. The summed E-state index contributed by atoms with van der Waals surface area (Å²) in [6.45, 7) is 1.85. The predicted octanol–water partition coefficient (Wildman–Crippen LogP) is 5.88. The monoisotopic (exact) mass is 442 g/mol. The molecule has 4 heteroatoms. The highest BCUT2D eigenvalue weighted by molar-refractivity contribution is 7.85. The van der Waals surface area contributed by atoms with Crippen molar-refractivity contribution >= 4 is 35.5 Å². The summed E-state index contributed by atoms with van der Waals surface area (Å²) in [6.07, 6.45) is 0. The molecule has 0 bridgehead atoms. The number of hydrogen-bond acceptors (Lipinski definition) is 2. The van der Waals surface area contributed by atoms with E-state index in [4.69, 9.17) is 0 Å². The molecule has 31 heavy (non-hydrogen) atoms. The maximum atomic E-state index is 14.7. The Kier molecular flexibility index (Phi) is 6.23. The van der Waals surface area contributed by atoms with Crippen molar-refractivity contribution in [2.45, 2.75) is 6.92 Å². The van der Waals surface area contributed by atoms with E-state index in [1.54, 1.807) is 5.82 Å². The lowest BCUT2D eigenvalue weighted by Crippen LogP contribution is -2.18. The highest BCUT2D eigenvalue weighted by atomic mass is 31.2. The summed E-state index contributed by atoms with van der Waals surface area (Å²) in [7, 11) is -6.32. The highest BCUT2D eigenvalue weighted by Gasteiger charge is 2.33. The van der Waals surface area contributed by atoms with E-state index in [1.165, 1.54) is 0 Å². The van der Waals surface area contributed by atoms with Crippen LogP contribution in [0.25, 0.3) is 0 Å². The van der Waals surface area contributed by atoms with Crippen LogP contribution in [0, 0.1) is 0 Å². The molecule has 0 fully saturated rings. The molecular formula is C27H24O2P2. The normalized spacial score (nSPS) is 12.5. The standard InChI is InChI=1S/C27H24O2P2/c1-23(31(29,26-18-10-4-11-19-26)27-20-12-5-13-21-27)22-30(28,24-14-6-2-7-15-24)25-16-8-3-9-17-25/h2-22H,1H3/b23-22-. The van der Waals surface area contributed by atoms with Crippen LogP contribution in [0.5, 0.6) is 0 Å². The number of benzene rings is 4. The van der Waals surface area contributed by atoms with Crippen molar-refractivity contribution in [1.82, 2.24) is 0 Å². The fourth-order valence-electron chi connectivity index (χ4n) is 3.77. The van der Waals surface area contributed by atoms with Gasteiger partial charge in [-0.25, -0.2) is 0 Å². The van der Waals surface area contributed by atoms with Crippen LogP contribution in [0.2, 0.25) is 0 Å². The second-order valence-corrected chi connectivity index (χ2v) is 12.9. The van der Waals surface area contributed by atoms with Gasteiger partial charge in [0.25, 0.3) is 0 Å². The SMILES string of the molecule is C/C(=C/P(=O)(c1ccccc1)c1ccccc1)P(=O)(c1ccccc1)c1ccccc1. The van der Waals surface area contributed by atoms with Crippen molar-refractivity contribution in [2.24, 2.45) is 0 Å². The molecule has 0 amide bonds. The van der Waals surface area contributed by atoms with Gasteiger partial charge in [-0.15, -0.1) is 0 Å². The Morgan fingerprint density at radius 3 is 1.13 bits per heavy atom. The molecule has 0 N–H and O–H groups in total. The zero-order chi connectivity index (χ0) is 21.7. The van der Waals surface area contributed by atoms with Gasteiger partial charge < -0.3 is 9.13 Å². The lowest BCUT2D eigenvalue weighted by Gasteiger charge is -2.23. The topological polar surface area (TPSA) is 34.1 Å². The lowest BCUT2D eigenvalue weighted by atomic mass is 10.4. The van der Waals surface area contributed by atoms with Gasteiger partial charge in [-0.1, -0.05) is 121 Å². The molecular weight excluding hydrogens is 418 g/mol. The largest absolute Gasteiger partial charge is 0.309 e. The zero-order valence-electron chi connectivity index (χ0n) is 17.3. The molecule has 0 unspecified atom stereocenters. The fraction of sp³-hybridized carbons (Fsp3) is 0.0370. The van der Waals surface area contributed by atoms with E-state index in [-0.39, 0.29) is 0 Å². The minimum atomic E-state index is -3.16. The molecule has 0 aliphatic rings.